The highest BCUT2D eigenvalue weighted by atomic mass is 16.5. The molecule has 1 aliphatic carbocycles. The summed E-state index contributed by atoms with van der Waals surface area (Å²) in [7, 11) is 0. The molecule has 5 nitrogen and oxygen atoms in total. The second kappa shape index (κ2) is 8.31. The van der Waals surface area contributed by atoms with Crippen LogP contribution >= 0.6 is 0 Å². The first-order valence-electron chi connectivity index (χ1n) is 9.90. The zero-order valence-electron chi connectivity index (χ0n) is 15.5. The zero-order chi connectivity index (χ0) is 17.7. The molecule has 25 heavy (non-hydrogen) atoms. The molecule has 1 atom stereocenters. The van der Waals surface area contributed by atoms with Gasteiger partial charge < -0.3 is 9.64 Å². The number of terminal acetylenes is 1. The summed E-state index contributed by atoms with van der Waals surface area (Å²) >= 11 is 0. The van der Waals surface area contributed by atoms with Crippen molar-refractivity contribution in [2.45, 2.75) is 88.9 Å². The highest BCUT2D eigenvalue weighted by molar-refractivity contribution is 5.76. The Kier molecular flexibility index (Phi) is 6.11. The van der Waals surface area contributed by atoms with Crippen molar-refractivity contribution in [2.75, 3.05) is 13.2 Å². The fourth-order valence-electron chi connectivity index (χ4n) is 4.14. The van der Waals surface area contributed by atoms with Crippen molar-refractivity contribution in [2.24, 2.45) is 16.1 Å². The molecule has 138 valence electrons. The van der Waals surface area contributed by atoms with Gasteiger partial charge in [-0.1, -0.05) is 6.92 Å². The van der Waals surface area contributed by atoms with Gasteiger partial charge in [-0.25, -0.2) is 0 Å². The maximum atomic E-state index is 13.0. The van der Waals surface area contributed by atoms with E-state index in [2.05, 4.69) is 28.0 Å². The maximum Gasteiger partial charge on any atom is 0.223 e. The molecule has 1 amide bonds. The van der Waals surface area contributed by atoms with Gasteiger partial charge in [0.2, 0.25) is 5.91 Å². The molecule has 1 saturated carbocycles. The molecule has 3 rings (SSSR count). The summed E-state index contributed by atoms with van der Waals surface area (Å²) in [5.74, 6) is 3.67. The van der Waals surface area contributed by atoms with Gasteiger partial charge in [0.15, 0.2) is 5.66 Å². The summed E-state index contributed by atoms with van der Waals surface area (Å²) in [4.78, 5) is 15.1. The van der Waals surface area contributed by atoms with Gasteiger partial charge in [-0.3, -0.25) is 4.79 Å². The van der Waals surface area contributed by atoms with Crippen molar-refractivity contribution in [1.29, 1.82) is 0 Å². The van der Waals surface area contributed by atoms with Gasteiger partial charge in [0.1, 0.15) is 0 Å². The van der Waals surface area contributed by atoms with Crippen LogP contribution in [0, 0.1) is 18.3 Å². The van der Waals surface area contributed by atoms with Crippen LogP contribution in [0.15, 0.2) is 10.2 Å². The van der Waals surface area contributed by atoms with Gasteiger partial charge in [-0.05, 0) is 44.4 Å². The minimum Gasteiger partial charge on any atom is -0.376 e. The Bertz CT molecular complexity index is 520. The van der Waals surface area contributed by atoms with E-state index >= 15 is 0 Å². The molecule has 1 saturated heterocycles. The average Bonchev–Trinajstić information content (AvgIpc) is 3.20. The lowest BCUT2D eigenvalue weighted by Crippen LogP contribution is -2.46. The van der Waals surface area contributed by atoms with Crippen LogP contribution in [0.3, 0.4) is 0 Å². The van der Waals surface area contributed by atoms with Crippen LogP contribution in [0.1, 0.15) is 71.1 Å². The van der Waals surface area contributed by atoms with Crippen LogP contribution in [0.2, 0.25) is 0 Å². The van der Waals surface area contributed by atoms with E-state index in [1.165, 1.54) is 12.8 Å². The lowest BCUT2D eigenvalue weighted by atomic mass is 9.86. The van der Waals surface area contributed by atoms with Gasteiger partial charge in [-0.15, -0.1) is 12.3 Å². The molecular weight excluding hydrogens is 314 g/mol. The van der Waals surface area contributed by atoms with Crippen LogP contribution in [0.5, 0.6) is 0 Å². The minimum atomic E-state index is -0.362. The van der Waals surface area contributed by atoms with Gasteiger partial charge in [-0.2, -0.15) is 10.2 Å². The molecule has 2 aliphatic heterocycles. The van der Waals surface area contributed by atoms with Crippen molar-refractivity contribution in [3.8, 4) is 12.3 Å². The van der Waals surface area contributed by atoms with Crippen molar-refractivity contribution in [1.82, 2.24) is 4.90 Å². The first-order valence-corrected chi connectivity index (χ1v) is 9.90. The van der Waals surface area contributed by atoms with E-state index in [1.807, 2.05) is 0 Å². The Morgan fingerprint density at radius 1 is 1.24 bits per heavy atom. The Morgan fingerprint density at radius 3 is 2.60 bits per heavy atom. The Hall–Kier alpha value is -1.41. The van der Waals surface area contributed by atoms with E-state index in [0.717, 1.165) is 51.2 Å². The predicted octanol–water partition coefficient (Wildman–Crippen LogP) is 3.93. The Morgan fingerprint density at radius 2 is 2.00 bits per heavy atom. The number of ether oxygens (including phenoxy) is 1. The number of rotatable bonds is 8. The molecule has 5 heteroatoms. The van der Waals surface area contributed by atoms with E-state index in [0.29, 0.717) is 25.3 Å². The lowest BCUT2D eigenvalue weighted by Gasteiger charge is -2.37. The summed E-state index contributed by atoms with van der Waals surface area (Å²) in [6, 6.07) is 0.377. The third-order valence-electron chi connectivity index (χ3n) is 5.96. The fourth-order valence-corrected chi connectivity index (χ4v) is 4.14. The number of hydrogen-bond acceptors (Lipinski definition) is 4. The fraction of sp³-hybridized carbons (Fsp3) is 0.850. The lowest BCUT2D eigenvalue weighted by molar-refractivity contribution is -0.136. The molecule has 2 heterocycles. The topological polar surface area (TPSA) is 54.3 Å². The first kappa shape index (κ1) is 18.4. The van der Waals surface area contributed by atoms with Gasteiger partial charge in [0.05, 0.1) is 6.10 Å². The normalized spacial score (nSPS) is 30.0. The van der Waals surface area contributed by atoms with E-state index < -0.39 is 0 Å². The van der Waals surface area contributed by atoms with Crippen LogP contribution in [0.25, 0.3) is 0 Å². The predicted molar refractivity (Wildman–Crippen MR) is 97.0 cm³/mol. The molecule has 3 aliphatic rings. The molecule has 0 N–H and O–H groups in total. The molecule has 0 aromatic heterocycles. The average molecular weight is 345 g/mol. The van der Waals surface area contributed by atoms with Crippen LogP contribution < -0.4 is 0 Å². The Balaban J connectivity index is 1.55. The minimum absolute atomic E-state index is 0.217. The SMILES string of the molecule is C#CCCC1(CCC(=O)N(CC2CCCO2)C2CCC(C)CC2)N=N1. The van der Waals surface area contributed by atoms with Crippen LogP contribution in [0.4, 0.5) is 0 Å². The van der Waals surface area contributed by atoms with Gasteiger partial charge >= 0.3 is 0 Å². The molecule has 0 aromatic carbocycles. The maximum absolute atomic E-state index is 13.0. The summed E-state index contributed by atoms with van der Waals surface area (Å²) in [5, 5.41) is 8.32. The highest BCUT2D eigenvalue weighted by Gasteiger charge is 2.40. The monoisotopic (exact) mass is 345 g/mol. The molecule has 1 unspecified atom stereocenters. The Labute approximate surface area is 151 Å². The van der Waals surface area contributed by atoms with Crippen LogP contribution in [-0.4, -0.2) is 41.8 Å². The summed E-state index contributed by atoms with van der Waals surface area (Å²) in [6.45, 7) is 3.90. The molecular formula is C20H31N3O2. The molecule has 0 bridgehead atoms. The van der Waals surface area contributed by atoms with Gasteiger partial charge in [0, 0.05) is 44.9 Å². The largest absolute Gasteiger partial charge is 0.376 e. The van der Waals surface area contributed by atoms with Crippen molar-refractivity contribution < 1.29 is 9.53 Å². The highest BCUT2D eigenvalue weighted by Crippen LogP contribution is 2.38. The van der Waals surface area contributed by atoms with E-state index in [9.17, 15) is 4.79 Å². The third-order valence-corrected chi connectivity index (χ3v) is 5.96. The van der Waals surface area contributed by atoms with Crippen molar-refractivity contribution >= 4 is 5.91 Å². The van der Waals surface area contributed by atoms with Crippen molar-refractivity contribution in [3.05, 3.63) is 0 Å². The number of hydrogen-bond donors (Lipinski definition) is 0. The summed E-state index contributed by atoms with van der Waals surface area (Å²) < 4.78 is 5.80. The van der Waals surface area contributed by atoms with Crippen molar-refractivity contribution in [3.63, 3.8) is 0 Å². The molecule has 2 fully saturated rings. The second-order valence-corrected chi connectivity index (χ2v) is 7.98. The van der Waals surface area contributed by atoms with E-state index in [1.54, 1.807) is 0 Å². The summed E-state index contributed by atoms with van der Waals surface area (Å²) in [5.41, 5.74) is -0.362. The molecule has 0 spiro atoms. The number of carbonyl (C=O) groups is 1. The quantitative estimate of drug-likeness (QED) is 0.626. The number of nitrogens with zero attached hydrogens (tertiary/aromatic N) is 3. The number of amides is 1. The van der Waals surface area contributed by atoms with E-state index in [-0.39, 0.29) is 17.7 Å². The van der Waals surface area contributed by atoms with E-state index in [4.69, 9.17) is 11.2 Å². The molecule has 0 aromatic rings. The smallest absolute Gasteiger partial charge is 0.223 e. The van der Waals surface area contributed by atoms with Crippen LogP contribution in [-0.2, 0) is 9.53 Å². The van der Waals surface area contributed by atoms with Gasteiger partial charge in [0.25, 0.3) is 0 Å². The molecule has 0 radical (unpaired) electrons. The third kappa shape index (κ3) is 5.04. The number of carbonyl (C=O) groups excluding carboxylic acids is 1. The second-order valence-electron chi connectivity index (χ2n) is 7.98. The first-order chi connectivity index (χ1) is 12.1. The standard InChI is InChI=1S/C20H31N3O2/c1-3-4-12-20(21-22-20)13-11-19(24)23(15-18-6-5-14-25-18)17-9-7-16(2)8-10-17/h1,16-18H,4-15H2,2H3. The summed E-state index contributed by atoms with van der Waals surface area (Å²) in [6.07, 6.45) is 15.1. The zero-order valence-corrected chi connectivity index (χ0v) is 15.5.